The minimum atomic E-state index is -2.73. The summed E-state index contributed by atoms with van der Waals surface area (Å²) in [5.74, 6) is -1.52. The summed E-state index contributed by atoms with van der Waals surface area (Å²) in [7, 11) is 0. The molecular formula is C19H24ClF2N5. The van der Waals surface area contributed by atoms with Gasteiger partial charge in [-0.2, -0.15) is 0 Å². The lowest BCUT2D eigenvalue weighted by molar-refractivity contribution is 0.0176. The number of aliphatic imine (C=N–C) groups is 2. The van der Waals surface area contributed by atoms with E-state index in [0.717, 1.165) is 18.4 Å². The molecule has 8 heteroatoms. The van der Waals surface area contributed by atoms with E-state index >= 15 is 0 Å². The van der Waals surface area contributed by atoms with Crippen LogP contribution < -0.4 is 11.1 Å². The summed E-state index contributed by atoms with van der Waals surface area (Å²) in [5.41, 5.74) is 7.39. The van der Waals surface area contributed by atoms with Gasteiger partial charge in [-0.15, -0.1) is 0 Å². The molecule has 2 fully saturated rings. The van der Waals surface area contributed by atoms with Crippen LogP contribution in [-0.4, -0.2) is 43.0 Å². The Morgan fingerprint density at radius 3 is 2.70 bits per heavy atom. The molecule has 1 aliphatic carbocycles. The van der Waals surface area contributed by atoms with Gasteiger partial charge in [0.1, 0.15) is 5.70 Å². The second-order valence-electron chi connectivity index (χ2n) is 7.00. The highest BCUT2D eigenvalue weighted by Crippen LogP contribution is 2.31. The average Bonchev–Trinajstić information content (AvgIpc) is 3.39. The molecule has 1 aromatic rings. The van der Waals surface area contributed by atoms with Crippen molar-refractivity contribution < 1.29 is 8.78 Å². The van der Waals surface area contributed by atoms with Crippen LogP contribution in [0.2, 0.25) is 5.02 Å². The number of nitrogens with zero attached hydrogens (tertiary/aromatic N) is 3. The molecule has 146 valence electrons. The summed E-state index contributed by atoms with van der Waals surface area (Å²) < 4.78 is 27.4. The van der Waals surface area contributed by atoms with Gasteiger partial charge in [0.2, 0.25) is 0 Å². The molecule has 3 N–H and O–H groups in total. The van der Waals surface area contributed by atoms with E-state index in [2.05, 4.69) is 22.0 Å². The Morgan fingerprint density at radius 1 is 1.37 bits per heavy atom. The summed E-state index contributed by atoms with van der Waals surface area (Å²) >= 11 is 6.17. The predicted octanol–water partition coefficient (Wildman–Crippen LogP) is 3.41. The molecule has 3 rings (SSSR count). The van der Waals surface area contributed by atoms with Gasteiger partial charge in [0, 0.05) is 31.1 Å². The van der Waals surface area contributed by atoms with Gasteiger partial charge in [-0.05, 0) is 37.1 Å². The van der Waals surface area contributed by atoms with Gasteiger partial charge in [-0.25, -0.2) is 13.8 Å². The van der Waals surface area contributed by atoms with Crippen molar-refractivity contribution in [3.05, 3.63) is 46.4 Å². The van der Waals surface area contributed by atoms with Gasteiger partial charge in [0.25, 0.3) is 5.92 Å². The topological polar surface area (TPSA) is 66.0 Å². The van der Waals surface area contributed by atoms with Crippen molar-refractivity contribution in [1.82, 2.24) is 10.2 Å². The van der Waals surface area contributed by atoms with Gasteiger partial charge < -0.3 is 16.0 Å². The number of hydrogen-bond donors (Lipinski definition) is 2. The van der Waals surface area contributed by atoms with Crippen LogP contribution in [0.25, 0.3) is 0 Å². The highest BCUT2D eigenvalue weighted by Gasteiger charge is 2.40. The van der Waals surface area contributed by atoms with Crippen LogP contribution in [0.3, 0.4) is 0 Å². The largest absolute Gasteiger partial charge is 0.393 e. The third kappa shape index (κ3) is 5.19. The summed E-state index contributed by atoms with van der Waals surface area (Å²) in [5, 5.41) is 3.72. The van der Waals surface area contributed by atoms with E-state index in [1.165, 1.54) is 0 Å². The third-order valence-electron chi connectivity index (χ3n) is 4.72. The Kier molecular flexibility index (Phi) is 5.99. The first-order valence-corrected chi connectivity index (χ1v) is 9.39. The first-order valence-electron chi connectivity index (χ1n) is 9.01. The Balaban J connectivity index is 1.80. The van der Waals surface area contributed by atoms with Crippen molar-refractivity contribution >= 4 is 24.2 Å². The second kappa shape index (κ2) is 8.25. The van der Waals surface area contributed by atoms with E-state index in [-0.39, 0.29) is 25.2 Å². The van der Waals surface area contributed by atoms with Gasteiger partial charge >= 0.3 is 0 Å². The number of halogens is 3. The highest BCUT2D eigenvalue weighted by atomic mass is 35.5. The zero-order chi connectivity index (χ0) is 19.4. The quantitative estimate of drug-likeness (QED) is 0.549. The minimum Gasteiger partial charge on any atom is -0.393 e. The first kappa shape index (κ1) is 19.6. The Bertz CT molecular complexity index is 758. The molecular weight excluding hydrogens is 372 g/mol. The molecule has 1 heterocycles. The fourth-order valence-electron chi connectivity index (χ4n) is 2.95. The van der Waals surface area contributed by atoms with E-state index in [9.17, 15) is 8.78 Å². The number of nitrogens with two attached hydrogens (primary N) is 1. The lowest BCUT2D eigenvalue weighted by atomic mass is 10.2. The molecule has 0 aromatic heterocycles. The molecule has 0 unspecified atom stereocenters. The highest BCUT2D eigenvalue weighted by molar-refractivity contribution is 6.31. The van der Waals surface area contributed by atoms with Crippen LogP contribution in [0, 0.1) is 5.92 Å². The average molecular weight is 396 g/mol. The maximum atomic E-state index is 13.7. The van der Waals surface area contributed by atoms with Crippen LogP contribution in [0.4, 0.5) is 8.78 Å². The normalized spacial score (nSPS) is 20.4. The summed E-state index contributed by atoms with van der Waals surface area (Å²) in [6.07, 6.45) is 2.04. The number of amidine groups is 1. The minimum absolute atomic E-state index is 0.202. The zero-order valence-corrected chi connectivity index (χ0v) is 15.9. The molecule has 27 heavy (non-hydrogen) atoms. The van der Waals surface area contributed by atoms with Crippen molar-refractivity contribution in [1.29, 1.82) is 0 Å². The van der Waals surface area contributed by atoms with Gasteiger partial charge in [0.15, 0.2) is 11.7 Å². The Labute approximate surface area is 163 Å². The number of rotatable bonds is 7. The van der Waals surface area contributed by atoms with E-state index < -0.39 is 5.92 Å². The van der Waals surface area contributed by atoms with E-state index in [0.29, 0.717) is 35.7 Å². The van der Waals surface area contributed by atoms with Crippen LogP contribution in [0.1, 0.15) is 24.8 Å². The molecule has 0 amide bonds. The van der Waals surface area contributed by atoms with Gasteiger partial charge in [-0.3, -0.25) is 4.99 Å². The maximum Gasteiger partial charge on any atom is 0.266 e. The van der Waals surface area contributed by atoms with Crippen molar-refractivity contribution in [2.75, 3.05) is 19.6 Å². The van der Waals surface area contributed by atoms with Crippen molar-refractivity contribution in [3.63, 3.8) is 0 Å². The summed E-state index contributed by atoms with van der Waals surface area (Å²) in [6, 6.07) is 7.40. The van der Waals surface area contributed by atoms with Crippen molar-refractivity contribution in [2.24, 2.45) is 21.6 Å². The molecule has 1 aliphatic heterocycles. The Hall–Kier alpha value is -2.15. The summed E-state index contributed by atoms with van der Waals surface area (Å²) in [4.78, 5) is 10.0. The molecule has 1 saturated carbocycles. The number of likely N-dealkylation sites (tertiary alicyclic amines) is 1. The monoisotopic (exact) mass is 395 g/mol. The fourth-order valence-corrected chi connectivity index (χ4v) is 3.15. The van der Waals surface area contributed by atoms with Crippen LogP contribution in [0.5, 0.6) is 0 Å². The smallest absolute Gasteiger partial charge is 0.266 e. The van der Waals surface area contributed by atoms with Crippen molar-refractivity contribution in [3.8, 4) is 0 Å². The van der Waals surface area contributed by atoms with Crippen LogP contribution in [0.15, 0.2) is 45.8 Å². The molecule has 1 saturated heterocycles. The molecule has 1 aromatic carbocycles. The standard InChI is InChI=1S/C19H24ClF2N5/c1-24-17(25-11-14-4-2-3-5-15(14)20)16(23)18(26-10-13-6-7-13)27-9-8-19(21,22)12-27/h2-5,13,25H,1,6-12,23H2/b17-16-,26-18+. The number of hydrogen-bond acceptors (Lipinski definition) is 4. The third-order valence-corrected chi connectivity index (χ3v) is 5.09. The van der Waals surface area contributed by atoms with Crippen molar-refractivity contribution in [2.45, 2.75) is 31.7 Å². The van der Waals surface area contributed by atoms with Crippen LogP contribution in [-0.2, 0) is 6.54 Å². The zero-order valence-electron chi connectivity index (χ0n) is 15.1. The predicted molar refractivity (Wildman–Crippen MR) is 105 cm³/mol. The van der Waals surface area contributed by atoms with E-state index in [4.69, 9.17) is 17.3 Å². The fraction of sp³-hybridized carbons (Fsp3) is 0.474. The number of benzene rings is 1. The van der Waals surface area contributed by atoms with Gasteiger partial charge in [0.05, 0.1) is 6.54 Å². The lowest BCUT2D eigenvalue weighted by Gasteiger charge is -2.22. The van der Waals surface area contributed by atoms with Gasteiger partial charge in [-0.1, -0.05) is 29.8 Å². The lowest BCUT2D eigenvalue weighted by Crippen LogP contribution is -2.37. The number of nitrogens with one attached hydrogen (secondary N) is 1. The van der Waals surface area contributed by atoms with E-state index in [1.54, 1.807) is 11.0 Å². The van der Waals surface area contributed by atoms with Crippen LogP contribution >= 0.6 is 11.6 Å². The Morgan fingerprint density at radius 2 is 2.11 bits per heavy atom. The molecule has 2 aliphatic rings. The van der Waals surface area contributed by atoms with E-state index in [1.807, 2.05) is 18.2 Å². The molecule has 0 bridgehead atoms. The molecule has 0 radical (unpaired) electrons. The second-order valence-corrected chi connectivity index (χ2v) is 7.41. The molecule has 0 spiro atoms. The SMILES string of the molecule is C=N/C(NCc1ccccc1Cl)=C(N)\C(=N/CC1CC1)N1CCC(F)(F)C1. The maximum absolute atomic E-state index is 13.7. The molecule has 5 nitrogen and oxygen atoms in total. The molecule has 0 atom stereocenters. The summed E-state index contributed by atoms with van der Waals surface area (Å²) in [6.45, 7) is 4.37. The first-order chi connectivity index (χ1) is 12.9. The number of alkyl halides is 2.